The highest BCUT2D eigenvalue weighted by atomic mass is 79.9. The second-order valence-corrected chi connectivity index (χ2v) is 7.57. The fourth-order valence-electron chi connectivity index (χ4n) is 1.69. The van der Waals surface area contributed by atoms with Crippen molar-refractivity contribution < 1.29 is 22.1 Å². The van der Waals surface area contributed by atoms with E-state index in [1.165, 1.54) is 4.90 Å². The molecule has 1 aliphatic heterocycles. The Hall–Kier alpha value is -0.780. The van der Waals surface area contributed by atoms with E-state index < -0.39 is 27.9 Å². The minimum absolute atomic E-state index is 0.121. The van der Waals surface area contributed by atoms with Crippen LogP contribution in [0.2, 0.25) is 0 Å². The van der Waals surface area contributed by atoms with Gasteiger partial charge in [0.05, 0.1) is 24.8 Å². The van der Waals surface area contributed by atoms with Gasteiger partial charge in [0.2, 0.25) is 0 Å². The van der Waals surface area contributed by atoms with Gasteiger partial charge in [-0.05, 0) is 25.6 Å². The largest absolute Gasteiger partial charge is 0.444 e. The summed E-state index contributed by atoms with van der Waals surface area (Å²) in [6.45, 7) is 5.57. The summed E-state index contributed by atoms with van der Waals surface area (Å²) in [4.78, 5) is 16.0. The van der Waals surface area contributed by atoms with Crippen molar-refractivity contribution in [1.82, 2.24) is 4.90 Å². The molecule has 0 aromatic carbocycles. The number of amides is 1. The quantitative estimate of drug-likeness (QED) is 0.558. The maximum Gasteiger partial charge on any atom is 0.410 e. The lowest BCUT2D eigenvalue weighted by atomic mass is 9.90. The summed E-state index contributed by atoms with van der Waals surface area (Å²) in [5.74, 6) is 2.72. The molecule has 2 atom stereocenters. The molecule has 0 radical (unpaired) electrons. The number of rotatable bonds is 3. The van der Waals surface area contributed by atoms with Gasteiger partial charge in [0.25, 0.3) is 10.1 Å². The van der Waals surface area contributed by atoms with Crippen molar-refractivity contribution in [3.63, 3.8) is 0 Å². The van der Waals surface area contributed by atoms with Crippen LogP contribution in [0.4, 0.5) is 4.79 Å². The van der Waals surface area contributed by atoms with E-state index in [0.717, 1.165) is 6.26 Å². The van der Waals surface area contributed by atoms with Crippen LogP contribution in [-0.4, -0.2) is 50.5 Å². The van der Waals surface area contributed by atoms with Crippen LogP contribution in [0.5, 0.6) is 0 Å². The third kappa shape index (κ3) is 5.31. The summed E-state index contributed by atoms with van der Waals surface area (Å²) in [7, 11) is -3.56. The Morgan fingerprint density at radius 1 is 1.45 bits per heavy atom. The number of hydrogen-bond donors (Lipinski definition) is 0. The van der Waals surface area contributed by atoms with Crippen LogP contribution < -0.4 is 0 Å². The summed E-state index contributed by atoms with van der Waals surface area (Å²) in [5, 5.41) is 0. The Balaban J connectivity index is 2.71. The summed E-state index contributed by atoms with van der Waals surface area (Å²) in [5.41, 5.74) is -0.606. The monoisotopic (exact) mass is 367 g/mol. The van der Waals surface area contributed by atoms with E-state index in [1.54, 1.807) is 20.8 Å². The van der Waals surface area contributed by atoms with E-state index in [0.29, 0.717) is 6.54 Å². The molecule has 0 spiro atoms. The zero-order valence-corrected chi connectivity index (χ0v) is 14.2. The van der Waals surface area contributed by atoms with Gasteiger partial charge in [0.15, 0.2) is 0 Å². The predicted molar refractivity (Wildman–Crippen MR) is 77.7 cm³/mol. The lowest BCUT2D eigenvalue weighted by Crippen LogP contribution is -2.61. The first-order valence-corrected chi connectivity index (χ1v) is 8.59. The first kappa shape index (κ1) is 17.3. The second kappa shape index (κ2) is 6.33. The smallest absolute Gasteiger partial charge is 0.410 e. The molecule has 1 rings (SSSR count). The number of likely N-dealkylation sites (tertiary alicyclic amines) is 1. The van der Waals surface area contributed by atoms with Crippen LogP contribution in [0.15, 0.2) is 0 Å². The normalized spacial score (nSPS) is 22.6. The van der Waals surface area contributed by atoms with Gasteiger partial charge >= 0.3 is 6.09 Å². The molecule has 1 saturated heterocycles. The van der Waals surface area contributed by atoms with Gasteiger partial charge in [-0.2, -0.15) is 8.42 Å². The lowest BCUT2D eigenvalue weighted by Gasteiger charge is -2.45. The minimum atomic E-state index is -3.56. The standard InChI is InChI=1S/C12H18BrNO5S/c1-12(2,3)19-11(15)14-7-9(5-6-13)10(14)8-18-20(4,16)17/h9-10H,7-8H2,1-4H3/t9-,10+/m0/s1. The molecule has 0 aromatic heterocycles. The molecule has 0 bridgehead atoms. The van der Waals surface area contributed by atoms with Crippen LogP contribution in [0, 0.1) is 16.7 Å². The number of hydrogen-bond acceptors (Lipinski definition) is 5. The summed E-state index contributed by atoms with van der Waals surface area (Å²) in [6, 6.07) is -0.426. The third-order valence-corrected chi connectivity index (χ3v) is 3.37. The van der Waals surface area contributed by atoms with Gasteiger partial charge in [-0.25, -0.2) is 4.79 Å². The number of carbonyl (C=O) groups excluding carboxylic acids is 1. The van der Waals surface area contributed by atoms with Gasteiger partial charge in [-0.1, -0.05) is 5.92 Å². The van der Waals surface area contributed by atoms with E-state index in [9.17, 15) is 13.2 Å². The van der Waals surface area contributed by atoms with Crippen LogP contribution in [0.1, 0.15) is 20.8 Å². The Bertz CT molecular complexity index is 528. The van der Waals surface area contributed by atoms with Crippen molar-refractivity contribution in [2.24, 2.45) is 5.92 Å². The maximum atomic E-state index is 12.0. The van der Waals surface area contributed by atoms with E-state index in [2.05, 4.69) is 26.7 Å². The number of ether oxygens (including phenoxy) is 1. The van der Waals surface area contributed by atoms with Gasteiger partial charge in [0, 0.05) is 22.5 Å². The van der Waals surface area contributed by atoms with E-state index in [1.807, 2.05) is 0 Å². The predicted octanol–water partition coefficient (Wildman–Crippen LogP) is 1.55. The van der Waals surface area contributed by atoms with Crippen molar-refractivity contribution in [1.29, 1.82) is 0 Å². The summed E-state index contributed by atoms with van der Waals surface area (Å²) >= 11 is 2.99. The first-order chi connectivity index (χ1) is 9.03. The molecule has 0 N–H and O–H groups in total. The zero-order valence-electron chi connectivity index (χ0n) is 11.8. The molecule has 1 fully saturated rings. The molecule has 114 valence electrons. The average Bonchev–Trinajstić information content (AvgIpc) is 2.19. The fraction of sp³-hybridized carbons (Fsp3) is 0.750. The molecule has 6 nitrogen and oxygen atoms in total. The van der Waals surface area contributed by atoms with Crippen LogP contribution in [0.3, 0.4) is 0 Å². The second-order valence-electron chi connectivity index (χ2n) is 5.53. The van der Waals surface area contributed by atoms with Gasteiger partial charge in [-0.15, -0.1) is 0 Å². The van der Waals surface area contributed by atoms with Crippen LogP contribution in [-0.2, 0) is 19.0 Å². The van der Waals surface area contributed by atoms with Gasteiger partial charge in [0.1, 0.15) is 5.60 Å². The van der Waals surface area contributed by atoms with Crippen molar-refractivity contribution in [3.8, 4) is 10.8 Å². The van der Waals surface area contributed by atoms with E-state index >= 15 is 0 Å². The Morgan fingerprint density at radius 2 is 2.05 bits per heavy atom. The molecule has 20 heavy (non-hydrogen) atoms. The summed E-state index contributed by atoms with van der Waals surface area (Å²) < 4.78 is 32.1. The lowest BCUT2D eigenvalue weighted by molar-refractivity contribution is -0.0284. The van der Waals surface area contributed by atoms with E-state index in [-0.39, 0.29) is 12.5 Å². The molecule has 0 aromatic rings. The van der Waals surface area contributed by atoms with Crippen LogP contribution in [0.25, 0.3) is 0 Å². The molecular weight excluding hydrogens is 350 g/mol. The molecule has 1 aliphatic rings. The fourth-order valence-corrected chi connectivity index (χ4v) is 2.37. The SMILES string of the molecule is CC(C)(C)OC(=O)N1C[C@H](C#CBr)[C@H]1COS(C)(=O)=O. The van der Waals surface area contributed by atoms with Crippen molar-refractivity contribution >= 4 is 32.1 Å². The zero-order chi connectivity index (χ0) is 15.6. The molecule has 1 amide bonds. The van der Waals surface area contributed by atoms with Crippen LogP contribution >= 0.6 is 15.9 Å². The topological polar surface area (TPSA) is 72.9 Å². The Kier molecular flexibility index (Phi) is 5.46. The molecule has 0 saturated carbocycles. The highest BCUT2D eigenvalue weighted by molar-refractivity contribution is 9.12. The third-order valence-electron chi connectivity index (χ3n) is 2.58. The molecule has 1 heterocycles. The van der Waals surface area contributed by atoms with Crippen molar-refractivity contribution in [2.45, 2.75) is 32.4 Å². The van der Waals surface area contributed by atoms with Crippen molar-refractivity contribution in [2.75, 3.05) is 19.4 Å². The highest BCUT2D eigenvalue weighted by Gasteiger charge is 2.43. The Labute approximate surface area is 128 Å². The number of nitrogens with zero attached hydrogens (tertiary/aromatic N) is 1. The number of halogens is 1. The minimum Gasteiger partial charge on any atom is -0.444 e. The summed E-state index contributed by atoms with van der Waals surface area (Å²) in [6.07, 6.45) is 0.474. The van der Waals surface area contributed by atoms with E-state index in [4.69, 9.17) is 8.92 Å². The molecule has 0 aliphatic carbocycles. The van der Waals surface area contributed by atoms with Crippen molar-refractivity contribution in [3.05, 3.63) is 0 Å². The first-order valence-electron chi connectivity index (χ1n) is 5.98. The highest BCUT2D eigenvalue weighted by Crippen LogP contribution is 2.27. The molecular formula is C12H18BrNO5S. The number of carbonyl (C=O) groups is 1. The maximum absolute atomic E-state index is 12.0. The van der Waals surface area contributed by atoms with Gasteiger partial charge in [-0.3, -0.25) is 4.18 Å². The van der Waals surface area contributed by atoms with Gasteiger partial charge < -0.3 is 9.64 Å². The molecule has 0 unspecified atom stereocenters. The average molecular weight is 368 g/mol. The molecule has 8 heteroatoms. The Morgan fingerprint density at radius 3 is 2.50 bits per heavy atom.